The second-order valence-corrected chi connectivity index (χ2v) is 6.15. The number of ether oxygens (including phenoxy) is 1. The van der Waals surface area contributed by atoms with Gasteiger partial charge in [-0.3, -0.25) is 9.69 Å². The molecule has 110 valence electrons. The number of benzene rings is 1. The molecule has 0 aliphatic carbocycles. The standard InChI is InChI=1S/C15H20BrNO3/c1-20-14-4-2-12(8-13(14)16)10-17-7-6-11(9-17)3-5-15(18)19/h2,4,8,11H,3,5-7,9-10H2,1H3,(H,18,19). The molecule has 1 heterocycles. The third-order valence-corrected chi connectivity index (χ3v) is 4.38. The van der Waals surface area contributed by atoms with E-state index in [4.69, 9.17) is 9.84 Å². The first-order chi connectivity index (χ1) is 9.58. The SMILES string of the molecule is COc1ccc(CN2CCC(CCC(=O)O)C2)cc1Br. The Bertz CT molecular complexity index is 478. The molecule has 1 saturated heterocycles. The van der Waals surface area contributed by atoms with Gasteiger partial charge in [-0.1, -0.05) is 6.07 Å². The maximum absolute atomic E-state index is 10.6. The average Bonchev–Trinajstić information content (AvgIpc) is 2.84. The number of carbonyl (C=O) groups is 1. The van der Waals surface area contributed by atoms with Crippen LogP contribution in [-0.2, 0) is 11.3 Å². The highest BCUT2D eigenvalue weighted by atomic mass is 79.9. The van der Waals surface area contributed by atoms with Gasteiger partial charge in [0.15, 0.2) is 0 Å². The summed E-state index contributed by atoms with van der Waals surface area (Å²) < 4.78 is 6.20. The summed E-state index contributed by atoms with van der Waals surface area (Å²) in [6.45, 7) is 2.96. The largest absolute Gasteiger partial charge is 0.496 e. The molecule has 5 heteroatoms. The molecule has 0 bridgehead atoms. The summed E-state index contributed by atoms with van der Waals surface area (Å²) >= 11 is 3.50. The molecule has 1 aromatic rings. The number of halogens is 1. The van der Waals surface area contributed by atoms with Gasteiger partial charge in [-0.25, -0.2) is 0 Å². The van der Waals surface area contributed by atoms with E-state index in [1.807, 2.05) is 6.07 Å². The third-order valence-electron chi connectivity index (χ3n) is 3.76. The van der Waals surface area contributed by atoms with E-state index in [1.165, 1.54) is 5.56 Å². The molecule has 1 aromatic carbocycles. The van der Waals surface area contributed by atoms with Crippen molar-refractivity contribution in [2.24, 2.45) is 5.92 Å². The van der Waals surface area contributed by atoms with Crippen molar-refractivity contribution in [3.8, 4) is 5.75 Å². The zero-order valence-corrected chi connectivity index (χ0v) is 13.2. The van der Waals surface area contributed by atoms with Crippen molar-refractivity contribution in [2.75, 3.05) is 20.2 Å². The van der Waals surface area contributed by atoms with Crippen LogP contribution in [-0.4, -0.2) is 36.2 Å². The zero-order chi connectivity index (χ0) is 14.5. The van der Waals surface area contributed by atoms with Gasteiger partial charge in [0.2, 0.25) is 0 Å². The Hall–Kier alpha value is -1.07. The summed E-state index contributed by atoms with van der Waals surface area (Å²) in [5.74, 6) is 0.671. The normalized spacial score (nSPS) is 19.2. The van der Waals surface area contributed by atoms with E-state index in [-0.39, 0.29) is 6.42 Å². The molecule has 0 aromatic heterocycles. The molecule has 1 unspecified atom stereocenters. The second kappa shape index (κ2) is 7.09. The Morgan fingerprint density at radius 3 is 3.00 bits per heavy atom. The Kier molecular flexibility index (Phi) is 5.43. The number of aliphatic carboxylic acids is 1. The van der Waals surface area contributed by atoms with Crippen LogP contribution in [0.5, 0.6) is 5.75 Å². The van der Waals surface area contributed by atoms with Gasteiger partial charge in [-0.15, -0.1) is 0 Å². The van der Waals surface area contributed by atoms with Crippen LogP contribution in [0.3, 0.4) is 0 Å². The van der Waals surface area contributed by atoms with E-state index in [2.05, 4.69) is 33.0 Å². The van der Waals surface area contributed by atoms with Crippen molar-refractivity contribution >= 4 is 21.9 Å². The second-order valence-electron chi connectivity index (χ2n) is 5.29. The number of nitrogens with zero attached hydrogens (tertiary/aromatic N) is 1. The van der Waals surface area contributed by atoms with E-state index in [0.717, 1.165) is 42.7 Å². The number of carboxylic acids is 1. The highest BCUT2D eigenvalue weighted by Gasteiger charge is 2.22. The topological polar surface area (TPSA) is 49.8 Å². The lowest BCUT2D eigenvalue weighted by molar-refractivity contribution is -0.137. The third kappa shape index (κ3) is 4.21. The predicted molar refractivity (Wildman–Crippen MR) is 80.9 cm³/mol. The lowest BCUT2D eigenvalue weighted by Crippen LogP contribution is -2.20. The maximum atomic E-state index is 10.6. The fourth-order valence-corrected chi connectivity index (χ4v) is 3.27. The Labute approximate surface area is 127 Å². The Morgan fingerprint density at radius 2 is 2.35 bits per heavy atom. The molecule has 4 nitrogen and oxygen atoms in total. The summed E-state index contributed by atoms with van der Waals surface area (Å²) in [5, 5.41) is 8.72. The van der Waals surface area contributed by atoms with Crippen LogP contribution in [0.4, 0.5) is 0 Å². The summed E-state index contributed by atoms with van der Waals surface area (Å²) in [6.07, 6.45) is 2.18. The maximum Gasteiger partial charge on any atom is 0.303 e. The molecule has 1 aliphatic heterocycles. The van der Waals surface area contributed by atoms with Crippen molar-refractivity contribution in [3.63, 3.8) is 0 Å². The number of hydrogen-bond donors (Lipinski definition) is 1. The predicted octanol–water partition coefficient (Wildman–Crippen LogP) is 3.14. The number of methoxy groups -OCH3 is 1. The van der Waals surface area contributed by atoms with Gasteiger partial charge in [0.25, 0.3) is 0 Å². The first-order valence-corrected chi connectivity index (χ1v) is 7.64. The van der Waals surface area contributed by atoms with Crippen LogP contribution < -0.4 is 4.74 Å². The summed E-state index contributed by atoms with van der Waals surface area (Å²) in [5.41, 5.74) is 1.25. The molecule has 1 N–H and O–H groups in total. The number of rotatable bonds is 6. The highest BCUT2D eigenvalue weighted by molar-refractivity contribution is 9.10. The summed E-state index contributed by atoms with van der Waals surface area (Å²) in [6, 6.07) is 6.13. The molecule has 0 amide bonds. The smallest absolute Gasteiger partial charge is 0.303 e. The molecule has 0 spiro atoms. The molecule has 0 saturated carbocycles. The van der Waals surface area contributed by atoms with Gasteiger partial charge in [0.05, 0.1) is 11.6 Å². The van der Waals surface area contributed by atoms with Crippen LogP contribution in [0.25, 0.3) is 0 Å². The fraction of sp³-hybridized carbons (Fsp3) is 0.533. The molecule has 20 heavy (non-hydrogen) atoms. The average molecular weight is 342 g/mol. The van der Waals surface area contributed by atoms with Crippen LogP contribution in [0.2, 0.25) is 0 Å². The molecule has 1 aliphatic rings. The highest BCUT2D eigenvalue weighted by Crippen LogP contribution is 2.28. The van der Waals surface area contributed by atoms with Gasteiger partial charge in [0, 0.05) is 19.5 Å². The van der Waals surface area contributed by atoms with Crippen LogP contribution in [0.15, 0.2) is 22.7 Å². The minimum Gasteiger partial charge on any atom is -0.496 e. The Balaban J connectivity index is 1.85. The van der Waals surface area contributed by atoms with Crippen molar-refractivity contribution in [3.05, 3.63) is 28.2 Å². The van der Waals surface area contributed by atoms with Crippen LogP contribution in [0.1, 0.15) is 24.8 Å². The van der Waals surface area contributed by atoms with Gasteiger partial charge < -0.3 is 9.84 Å². The van der Waals surface area contributed by atoms with Crippen molar-refractivity contribution in [2.45, 2.75) is 25.8 Å². The Morgan fingerprint density at radius 1 is 1.55 bits per heavy atom. The molecular formula is C15H20BrNO3. The van der Waals surface area contributed by atoms with Crippen molar-refractivity contribution < 1.29 is 14.6 Å². The van der Waals surface area contributed by atoms with Crippen LogP contribution >= 0.6 is 15.9 Å². The van der Waals surface area contributed by atoms with Gasteiger partial charge in [-0.2, -0.15) is 0 Å². The van der Waals surface area contributed by atoms with E-state index >= 15 is 0 Å². The lowest BCUT2D eigenvalue weighted by Gasteiger charge is -2.16. The zero-order valence-electron chi connectivity index (χ0n) is 11.6. The van der Waals surface area contributed by atoms with Gasteiger partial charge in [0.1, 0.15) is 5.75 Å². The van der Waals surface area contributed by atoms with Crippen molar-refractivity contribution in [1.82, 2.24) is 4.90 Å². The first-order valence-electron chi connectivity index (χ1n) is 6.85. The van der Waals surface area contributed by atoms with Gasteiger partial charge in [-0.05, 0) is 58.9 Å². The van der Waals surface area contributed by atoms with E-state index in [0.29, 0.717) is 5.92 Å². The van der Waals surface area contributed by atoms with Crippen LogP contribution in [0, 0.1) is 5.92 Å². The van der Waals surface area contributed by atoms with E-state index < -0.39 is 5.97 Å². The molecular weight excluding hydrogens is 322 g/mol. The molecule has 0 radical (unpaired) electrons. The van der Waals surface area contributed by atoms with Gasteiger partial charge >= 0.3 is 5.97 Å². The van der Waals surface area contributed by atoms with Crippen molar-refractivity contribution in [1.29, 1.82) is 0 Å². The minimum atomic E-state index is -0.692. The number of hydrogen-bond acceptors (Lipinski definition) is 3. The number of likely N-dealkylation sites (tertiary alicyclic amines) is 1. The molecule has 2 rings (SSSR count). The molecule has 1 atom stereocenters. The summed E-state index contributed by atoms with van der Waals surface area (Å²) in [4.78, 5) is 13.0. The van der Waals surface area contributed by atoms with E-state index in [1.54, 1.807) is 7.11 Å². The monoisotopic (exact) mass is 341 g/mol. The molecule has 1 fully saturated rings. The lowest BCUT2D eigenvalue weighted by atomic mass is 10.0. The minimum absolute atomic E-state index is 0.284. The first kappa shape index (κ1) is 15.3. The fourth-order valence-electron chi connectivity index (χ4n) is 2.69. The quantitative estimate of drug-likeness (QED) is 0.863. The summed E-state index contributed by atoms with van der Waals surface area (Å²) in [7, 11) is 1.66. The number of carboxylic acid groups (broad SMARTS) is 1. The van der Waals surface area contributed by atoms with E-state index in [9.17, 15) is 4.79 Å².